The average molecular weight is 606 g/mol. The van der Waals surface area contributed by atoms with Crippen molar-refractivity contribution in [2.24, 2.45) is 0 Å². The highest BCUT2D eigenvalue weighted by molar-refractivity contribution is 5.92. The fourth-order valence-electron chi connectivity index (χ4n) is 6.57. The van der Waals surface area contributed by atoms with Gasteiger partial charge in [0.2, 0.25) is 11.8 Å². The molecule has 0 saturated carbocycles. The van der Waals surface area contributed by atoms with E-state index in [0.717, 1.165) is 35.3 Å². The standard InChI is InChI=1S/C36H39N5O4/c1-3-20-39(36(44)37-22-27-16-18-30(45-2)19-17-27)40-25-34(42)41-32(21-26-10-5-4-6-11-26)35(43)38(24-33(40)41)23-29-14-9-13-28-12-7-8-15-31(28)29/h3-7,9-14,16-19,32-33H,1,8,15,20-25H2,2H3,(H,37,44)/t32-,33+/m0/s1. The maximum Gasteiger partial charge on any atom is 0.332 e. The van der Waals surface area contributed by atoms with E-state index in [4.69, 9.17) is 4.74 Å². The molecule has 0 aromatic heterocycles. The molecule has 0 radical (unpaired) electrons. The summed E-state index contributed by atoms with van der Waals surface area (Å²) in [7, 11) is 1.61. The molecular formula is C36H39N5O4. The highest BCUT2D eigenvalue weighted by Gasteiger charge is 2.52. The van der Waals surface area contributed by atoms with Crippen molar-refractivity contribution in [3.8, 4) is 5.75 Å². The molecule has 2 aliphatic heterocycles. The van der Waals surface area contributed by atoms with Crippen molar-refractivity contribution in [1.29, 1.82) is 0 Å². The summed E-state index contributed by atoms with van der Waals surface area (Å²) in [4.78, 5) is 45.1. The van der Waals surface area contributed by atoms with E-state index in [0.29, 0.717) is 19.5 Å². The third kappa shape index (κ3) is 6.35. The summed E-state index contributed by atoms with van der Waals surface area (Å²) in [6.45, 7) is 5.12. The topological polar surface area (TPSA) is 85.4 Å². The maximum atomic E-state index is 14.2. The van der Waals surface area contributed by atoms with Gasteiger partial charge in [-0.3, -0.25) is 14.6 Å². The van der Waals surface area contributed by atoms with Gasteiger partial charge in [0.05, 0.1) is 26.7 Å². The van der Waals surface area contributed by atoms with Gasteiger partial charge in [0.1, 0.15) is 18.0 Å². The SMILES string of the molecule is C=CCN(C(=O)NCc1ccc(OC)cc1)N1CC(=O)N2[C@@H](Cc3ccccc3)C(=O)N(Cc3cccc4c3CCC=C4)C[C@@H]21. The van der Waals surface area contributed by atoms with Crippen LogP contribution in [0, 0.1) is 0 Å². The van der Waals surface area contributed by atoms with Gasteiger partial charge in [0, 0.05) is 19.5 Å². The molecule has 2 saturated heterocycles. The smallest absolute Gasteiger partial charge is 0.332 e. The minimum absolute atomic E-state index is 0.00754. The number of ether oxygens (including phenoxy) is 1. The van der Waals surface area contributed by atoms with Crippen molar-refractivity contribution in [3.05, 3.63) is 119 Å². The Balaban J connectivity index is 1.28. The highest BCUT2D eigenvalue weighted by Crippen LogP contribution is 2.32. The molecule has 1 aliphatic carbocycles. The molecule has 3 aromatic rings. The number of rotatable bonds is 10. The van der Waals surface area contributed by atoms with Gasteiger partial charge in [0.15, 0.2) is 0 Å². The zero-order valence-corrected chi connectivity index (χ0v) is 25.6. The Bertz CT molecular complexity index is 1590. The third-order valence-electron chi connectivity index (χ3n) is 8.82. The van der Waals surface area contributed by atoms with E-state index in [1.165, 1.54) is 11.1 Å². The van der Waals surface area contributed by atoms with E-state index in [9.17, 15) is 14.4 Å². The first-order valence-electron chi connectivity index (χ1n) is 15.4. The number of carbonyl (C=O) groups excluding carboxylic acids is 3. The largest absolute Gasteiger partial charge is 0.497 e. The van der Waals surface area contributed by atoms with Crippen LogP contribution in [0.4, 0.5) is 4.79 Å². The molecule has 4 amide bonds. The lowest BCUT2D eigenvalue weighted by Gasteiger charge is -2.46. The quantitative estimate of drug-likeness (QED) is 0.347. The monoisotopic (exact) mass is 605 g/mol. The van der Waals surface area contributed by atoms with Crippen LogP contribution in [-0.4, -0.2) is 76.6 Å². The zero-order chi connectivity index (χ0) is 31.3. The first-order valence-corrected chi connectivity index (χ1v) is 15.4. The molecule has 0 bridgehead atoms. The van der Waals surface area contributed by atoms with E-state index < -0.39 is 12.2 Å². The molecule has 0 unspecified atom stereocenters. The van der Waals surface area contributed by atoms with E-state index in [1.54, 1.807) is 28.1 Å². The van der Waals surface area contributed by atoms with Crippen LogP contribution in [0.15, 0.2) is 91.5 Å². The Kier molecular flexibility index (Phi) is 8.98. The summed E-state index contributed by atoms with van der Waals surface area (Å²) < 4.78 is 5.24. The Morgan fingerprint density at radius 2 is 1.84 bits per heavy atom. The molecule has 9 heteroatoms. The number of carbonyl (C=O) groups is 3. The zero-order valence-electron chi connectivity index (χ0n) is 25.6. The van der Waals surface area contributed by atoms with E-state index in [2.05, 4.69) is 36.2 Å². The second kappa shape index (κ2) is 13.4. The summed E-state index contributed by atoms with van der Waals surface area (Å²) in [5.41, 5.74) is 5.47. The number of fused-ring (bicyclic) bond motifs is 2. The minimum Gasteiger partial charge on any atom is -0.497 e. The van der Waals surface area contributed by atoms with Crippen LogP contribution in [0.25, 0.3) is 6.08 Å². The predicted molar refractivity (Wildman–Crippen MR) is 173 cm³/mol. The maximum absolute atomic E-state index is 14.2. The van der Waals surface area contributed by atoms with Crippen LogP contribution < -0.4 is 10.1 Å². The second-order valence-corrected chi connectivity index (χ2v) is 11.6. The highest BCUT2D eigenvalue weighted by atomic mass is 16.5. The lowest BCUT2D eigenvalue weighted by molar-refractivity contribution is -0.157. The average Bonchev–Trinajstić information content (AvgIpc) is 3.40. The lowest BCUT2D eigenvalue weighted by atomic mass is 9.92. The number of urea groups is 1. The molecule has 0 spiro atoms. The number of nitrogens with zero attached hydrogens (tertiary/aromatic N) is 4. The fraction of sp³-hybridized carbons (Fsp3) is 0.306. The third-order valence-corrected chi connectivity index (χ3v) is 8.82. The summed E-state index contributed by atoms with van der Waals surface area (Å²) in [6, 6.07) is 22.5. The molecule has 2 atom stereocenters. The van der Waals surface area contributed by atoms with Gasteiger partial charge < -0.3 is 19.9 Å². The fourth-order valence-corrected chi connectivity index (χ4v) is 6.57. The summed E-state index contributed by atoms with van der Waals surface area (Å²) in [5.74, 6) is 0.490. The van der Waals surface area contributed by atoms with Crippen molar-refractivity contribution in [2.45, 2.75) is 44.6 Å². The van der Waals surface area contributed by atoms with Crippen LogP contribution >= 0.6 is 0 Å². The number of methoxy groups -OCH3 is 1. The molecule has 3 aliphatic rings. The van der Waals surface area contributed by atoms with Crippen LogP contribution in [0.1, 0.15) is 34.2 Å². The van der Waals surface area contributed by atoms with Crippen molar-refractivity contribution >= 4 is 23.9 Å². The molecule has 2 fully saturated rings. The number of benzene rings is 3. The summed E-state index contributed by atoms with van der Waals surface area (Å²) in [6.07, 6.45) is 7.77. The Labute approximate surface area is 264 Å². The number of hydrogen-bond acceptors (Lipinski definition) is 5. The number of hydrogen-bond donors (Lipinski definition) is 1. The van der Waals surface area contributed by atoms with E-state index >= 15 is 0 Å². The van der Waals surface area contributed by atoms with Crippen LogP contribution in [0.3, 0.4) is 0 Å². The van der Waals surface area contributed by atoms with Crippen molar-refractivity contribution < 1.29 is 19.1 Å². The number of piperazine rings is 1. The van der Waals surface area contributed by atoms with Crippen molar-refractivity contribution in [3.63, 3.8) is 0 Å². The Morgan fingerprint density at radius 1 is 1.04 bits per heavy atom. The molecule has 6 rings (SSSR count). The second-order valence-electron chi connectivity index (χ2n) is 11.6. The van der Waals surface area contributed by atoms with Crippen molar-refractivity contribution in [1.82, 2.24) is 25.1 Å². The van der Waals surface area contributed by atoms with Crippen molar-refractivity contribution in [2.75, 3.05) is 26.7 Å². The van der Waals surface area contributed by atoms with Gasteiger partial charge in [-0.25, -0.2) is 4.79 Å². The molecule has 2 heterocycles. The van der Waals surface area contributed by atoms with Gasteiger partial charge in [-0.1, -0.05) is 78.9 Å². The van der Waals surface area contributed by atoms with Crippen LogP contribution in [-0.2, 0) is 35.5 Å². The van der Waals surface area contributed by atoms with Crippen LogP contribution in [0.2, 0.25) is 0 Å². The molecule has 45 heavy (non-hydrogen) atoms. The summed E-state index contributed by atoms with van der Waals surface area (Å²) in [5, 5.41) is 6.34. The molecule has 3 aromatic carbocycles. The minimum atomic E-state index is -0.684. The van der Waals surface area contributed by atoms with E-state index in [-0.39, 0.29) is 37.5 Å². The molecule has 232 valence electrons. The first kappa shape index (κ1) is 30.1. The van der Waals surface area contributed by atoms with Gasteiger partial charge >= 0.3 is 6.03 Å². The molecular weight excluding hydrogens is 566 g/mol. The number of nitrogens with one attached hydrogen (secondary N) is 1. The van der Waals surface area contributed by atoms with Gasteiger partial charge in [-0.15, -0.1) is 6.58 Å². The predicted octanol–water partition coefficient (Wildman–Crippen LogP) is 4.39. The normalized spacial score (nSPS) is 19.2. The van der Waals surface area contributed by atoms with Gasteiger partial charge in [-0.2, -0.15) is 5.01 Å². The van der Waals surface area contributed by atoms with Gasteiger partial charge in [-0.05, 0) is 52.8 Å². The van der Waals surface area contributed by atoms with Crippen LogP contribution in [0.5, 0.6) is 5.75 Å². The Hall–Kier alpha value is -4.89. The lowest BCUT2D eigenvalue weighted by Crippen LogP contribution is -2.66. The van der Waals surface area contributed by atoms with E-state index in [1.807, 2.05) is 65.6 Å². The number of allylic oxidation sites excluding steroid dienone is 1. The molecule has 1 N–H and O–H groups in total. The molecule has 9 nitrogen and oxygen atoms in total. The first-order chi connectivity index (χ1) is 22.0. The Morgan fingerprint density at radius 3 is 2.60 bits per heavy atom. The van der Waals surface area contributed by atoms with Gasteiger partial charge in [0.25, 0.3) is 0 Å². The number of amides is 4. The summed E-state index contributed by atoms with van der Waals surface area (Å²) >= 11 is 0. The number of hydrazine groups is 1.